The van der Waals surface area contributed by atoms with Gasteiger partial charge in [-0.15, -0.1) is 0 Å². The Balaban J connectivity index is -0.000000692. The van der Waals surface area contributed by atoms with Gasteiger partial charge in [0.2, 0.25) is 5.91 Å². The van der Waals surface area contributed by atoms with Crippen LogP contribution in [-0.4, -0.2) is 64.0 Å². The van der Waals surface area contributed by atoms with E-state index in [2.05, 4.69) is 42.5 Å². The second-order valence-corrected chi connectivity index (χ2v) is 12.0. The number of ether oxygens (including phenoxy) is 2. The maximum Gasteiger partial charge on any atom is 0.305 e. The van der Waals surface area contributed by atoms with Crippen molar-refractivity contribution in [3.63, 3.8) is 0 Å². The van der Waals surface area contributed by atoms with Crippen LogP contribution in [0.4, 0.5) is 0 Å². The second kappa shape index (κ2) is 35.4. The largest absolute Gasteiger partial charge is 0.469 e. The van der Waals surface area contributed by atoms with Crippen molar-refractivity contribution in [1.29, 1.82) is 0 Å². The van der Waals surface area contributed by atoms with Crippen molar-refractivity contribution in [1.82, 2.24) is 5.32 Å². The van der Waals surface area contributed by atoms with Crippen LogP contribution in [0.1, 0.15) is 137 Å². The van der Waals surface area contributed by atoms with E-state index in [1.807, 2.05) is 0 Å². The first-order valence-electron chi connectivity index (χ1n) is 17.0. The summed E-state index contributed by atoms with van der Waals surface area (Å²) >= 11 is 0. The van der Waals surface area contributed by atoms with E-state index in [4.69, 9.17) is 17.2 Å². The number of amides is 1. The van der Waals surface area contributed by atoms with Crippen molar-refractivity contribution in [2.75, 3.05) is 40.4 Å². The molecule has 0 fully saturated rings. The molecule has 7 N–H and O–H groups in total. The molecule has 10 nitrogen and oxygen atoms in total. The van der Waals surface area contributed by atoms with Gasteiger partial charge < -0.3 is 32.0 Å². The summed E-state index contributed by atoms with van der Waals surface area (Å²) in [5.41, 5.74) is 16.2. The molecule has 1 amide bonds. The van der Waals surface area contributed by atoms with Gasteiger partial charge in [-0.25, -0.2) is 0 Å². The van der Waals surface area contributed by atoms with Gasteiger partial charge in [0.25, 0.3) is 0 Å². The SMILES string of the molecule is CC(CN)CCCN.CCCCC(C)CCC(=O)CCCCC(=O)NCCCC(C)CN.COC(=O)CCCCC(=O)OC. The molecule has 0 rings (SSSR count). The van der Waals surface area contributed by atoms with Crippen molar-refractivity contribution >= 4 is 23.6 Å². The number of hydrogen-bond donors (Lipinski definition) is 4. The molecule has 0 aromatic rings. The van der Waals surface area contributed by atoms with E-state index < -0.39 is 0 Å². The van der Waals surface area contributed by atoms with E-state index in [1.165, 1.54) is 39.9 Å². The van der Waals surface area contributed by atoms with Crippen LogP contribution >= 0.6 is 0 Å². The number of rotatable bonds is 25. The Labute approximate surface area is 269 Å². The number of nitrogens with two attached hydrogens (primary N) is 3. The second-order valence-electron chi connectivity index (χ2n) is 12.0. The number of hydrogen-bond acceptors (Lipinski definition) is 9. The highest BCUT2D eigenvalue weighted by molar-refractivity contribution is 5.78. The van der Waals surface area contributed by atoms with Gasteiger partial charge >= 0.3 is 11.9 Å². The molecule has 0 aliphatic carbocycles. The van der Waals surface area contributed by atoms with Crippen LogP contribution in [-0.2, 0) is 28.7 Å². The van der Waals surface area contributed by atoms with Crippen molar-refractivity contribution in [3.05, 3.63) is 0 Å². The smallest absolute Gasteiger partial charge is 0.305 e. The highest BCUT2D eigenvalue weighted by Crippen LogP contribution is 2.15. The lowest BCUT2D eigenvalue weighted by atomic mass is 9.96. The lowest BCUT2D eigenvalue weighted by Crippen LogP contribution is -2.24. The average Bonchev–Trinajstić information content (AvgIpc) is 3.03. The van der Waals surface area contributed by atoms with E-state index in [0.29, 0.717) is 75.0 Å². The molecule has 0 aromatic carbocycles. The summed E-state index contributed by atoms with van der Waals surface area (Å²) in [4.78, 5) is 44.7. The van der Waals surface area contributed by atoms with Gasteiger partial charge in [-0.2, -0.15) is 0 Å². The lowest BCUT2D eigenvalue weighted by Gasteiger charge is -2.10. The standard InChI is InChI=1S/C20H40N2O2.C8H14O4.C6H16N2/c1-4-5-9-17(2)13-14-19(23)11-6-7-12-20(24)22-15-8-10-18(3)16-21;1-11-7(9)5-3-4-6-8(10)12-2;1-6(5-8)3-2-4-7/h17-18H,4-16,21H2,1-3H3,(H,22,24);3-6H2,1-2H3;6H,2-5,7-8H2,1H3. The summed E-state index contributed by atoms with van der Waals surface area (Å²) in [5.74, 6) is 1.82. The zero-order valence-electron chi connectivity index (χ0n) is 29.3. The maximum atomic E-state index is 11.9. The van der Waals surface area contributed by atoms with E-state index in [9.17, 15) is 19.2 Å². The molecule has 262 valence electrons. The van der Waals surface area contributed by atoms with Crippen LogP contribution in [0.15, 0.2) is 0 Å². The molecule has 0 saturated carbocycles. The third-order valence-corrected chi connectivity index (χ3v) is 7.44. The number of methoxy groups -OCH3 is 2. The minimum Gasteiger partial charge on any atom is -0.469 e. The summed E-state index contributed by atoms with van der Waals surface area (Å²) in [7, 11) is 2.70. The Morgan fingerprint density at radius 1 is 0.591 bits per heavy atom. The molecule has 0 heterocycles. The predicted octanol–water partition coefficient (Wildman–Crippen LogP) is 5.43. The summed E-state index contributed by atoms with van der Waals surface area (Å²) in [6.07, 6.45) is 14.6. The third-order valence-electron chi connectivity index (χ3n) is 7.44. The molecule has 0 aromatic heterocycles. The first kappa shape index (κ1) is 46.4. The number of carbonyl (C=O) groups is 4. The van der Waals surface area contributed by atoms with Crippen LogP contribution in [0, 0.1) is 17.8 Å². The summed E-state index contributed by atoms with van der Waals surface area (Å²) in [6.45, 7) is 11.7. The Hall–Kier alpha value is -2.04. The predicted molar refractivity (Wildman–Crippen MR) is 181 cm³/mol. The van der Waals surface area contributed by atoms with E-state index in [0.717, 1.165) is 58.2 Å². The van der Waals surface area contributed by atoms with Gasteiger partial charge in [-0.3, -0.25) is 19.2 Å². The summed E-state index contributed by atoms with van der Waals surface area (Å²) < 4.78 is 8.86. The van der Waals surface area contributed by atoms with Gasteiger partial charge in [-0.05, 0) is 95.2 Å². The normalized spacial score (nSPS) is 12.4. The molecule has 10 heteroatoms. The van der Waals surface area contributed by atoms with E-state index in [1.54, 1.807) is 0 Å². The fourth-order valence-electron chi connectivity index (χ4n) is 4.05. The average molecular weight is 631 g/mol. The monoisotopic (exact) mass is 631 g/mol. The van der Waals surface area contributed by atoms with Crippen LogP contribution in [0.25, 0.3) is 0 Å². The fourth-order valence-corrected chi connectivity index (χ4v) is 4.05. The van der Waals surface area contributed by atoms with Crippen LogP contribution in [0.2, 0.25) is 0 Å². The topological polar surface area (TPSA) is 177 Å². The first-order chi connectivity index (χ1) is 21.0. The number of carbonyl (C=O) groups excluding carboxylic acids is 4. The molecule has 0 radical (unpaired) electrons. The van der Waals surface area contributed by atoms with Crippen LogP contribution in [0.3, 0.4) is 0 Å². The summed E-state index contributed by atoms with van der Waals surface area (Å²) in [6, 6.07) is 0. The molecule has 0 aliphatic heterocycles. The van der Waals surface area contributed by atoms with Crippen molar-refractivity contribution in [3.8, 4) is 0 Å². The molecular formula is C34H70N4O6. The third kappa shape index (κ3) is 38.0. The Morgan fingerprint density at radius 2 is 1.07 bits per heavy atom. The van der Waals surface area contributed by atoms with Gasteiger partial charge in [0.15, 0.2) is 0 Å². The maximum absolute atomic E-state index is 11.9. The number of nitrogens with one attached hydrogen (secondary N) is 1. The quantitative estimate of drug-likeness (QED) is 0.0757. The molecule has 0 spiro atoms. The fraction of sp³-hybridized carbons (Fsp3) is 0.882. The van der Waals surface area contributed by atoms with Gasteiger partial charge in [0.1, 0.15) is 5.78 Å². The molecule has 44 heavy (non-hydrogen) atoms. The molecule has 0 saturated heterocycles. The van der Waals surface area contributed by atoms with E-state index >= 15 is 0 Å². The molecular weight excluding hydrogens is 560 g/mol. The zero-order valence-corrected chi connectivity index (χ0v) is 29.3. The minimum absolute atomic E-state index is 0.107. The Kier molecular flexibility index (Phi) is 37.4. The molecule has 0 bridgehead atoms. The van der Waals surface area contributed by atoms with Gasteiger partial charge in [-0.1, -0.05) is 47.0 Å². The van der Waals surface area contributed by atoms with Crippen LogP contribution in [0.5, 0.6) is 0 Å². The first-order valence-corrected chi connectivity index (χ1v) is 17.0. The lowest BCUT2D eigenvalue weighted by molar-refractivity contribution is -0.142. The number of Topliss-reactive ketones (excluding diaryl/α,β-unsaturated/α-hetero) is 1. The highest BCUT2D eigenvalue weighted by atomic mass is 16.5. The van der Waals surface area contributed by atoms with Gasteiger partial charge in [0, 0.05) is 38.6 Å². The Morgan fingerprint density at radius 3 is 1.55 bits per heavy atom. The molecule has 0 aliphatic rings. The van der Waals surface area contributed by atoms with Crippen molar-refractivity contribution in [2.45, 2.75) is 137 Å². The number of ketones is 1. The van der Waals surface area contributed by atoms with Gasteiger partial charge in [0.05, 0.1) is 14.2 Å². The number of unbranched alkanes of at least 4 members (excludes halogenated alkanes) is 3. The Bertz CT molecular complexity index is 675. The number of esters is 2. The van der Waals surface area contributed by atoms with Crippen molar-refractivity contribution < 1.29 is 28.7 Å². The minimum atomic E-state index is -0.236. The van der Waals surface area contributed by atoms with E-state index in [-0.39, 0.29) is 17.8 Å². The molecule has 3 unspecified atom stereocenters. The highest BCUT2D eigenvalue weighted by Gasteiger charge is 2.08. The van der Waals surface area contributed by atoms with Crippen molar-refractivity contribution in [2.24, 2.45) is 35.0 Å². The molecule has 3 atom stereocenters. The van der Waals surface area contributed by atoms with Crippen LogP contribution < -0.4 is 22.5 Å². The summed E-state index contributed by atoms with van der Waals surface area (Å²) in [5, 5.41) is 2.95. The zero-order chi connectivity index (χ0) is 34.0.